The third-order valence-corrected chi connectivity index (χ3v) is 3.80. The van der Waals surface area contributed by atoms with Crippen molar-refractivity contribution in [3.05, 3.63) is 53.0 Å². The van der Waals surface area contributed by atoms with Gasteiger partial charge in [0.25, 0.3) is 0 Å². The van der Waals surface area contributed by atoms with Crippen LogP contribution in [-0.2, 0) is 5.75 Å². The second-order valence-corrected chi connectivity index (χ2v) is 5.63. The molecule has 0 aliphatic heterocycles. The Labute approximate surface area is 122 Å². The van der Waals surface area contributed by atoms with E-state index < -0.39 is 12.9 Å². The zero-order valence-electron chi connectivity index (χ0n) is 11.3. The van der Waals surface area contributed by atoms with Crippen LogP contribution >= 0.6 is 11.8 Å². The number of nitrogens with zero attached hydrogens (tertiary/aromatic N) is 1. The maximum atomic E-state index is 13.1. The number of pyridine rings is 1. The van der Waals surface area contributed by atoms with Gasteiger partial charge in [-0.3, -0.25) is 0 Å². The Hall–Kier alpha value is -1.37. The Bertz CT molecular complexity index is 602. The minimum atomic E-state index is -1.67. The molecule has 0 amide bonds. The number of rotatable bonds is 4. The third kappa shape index (κ3) is 3.82. The standard InChI is InChI=1S/C14H15BFNO2S/c1-9-5-10(2)17-14(6-9)20-8-11-3-4-12(16)7-13(11)15(18)19/h3-7,18-19H,8H2,1-2H3. The van der Waals surface area contributed by atoms with E-state index in [1.54, 1.807) is 6.07 Å². The van der Waals surface area contributed by atoms with Crippen molar-refractivity contribution in [2.75, 3.05) is 0 Å². The van der Waals surface area contributed by atoms with Crippen LogP contribution in [0.2, 0.25) is 0 Å². The van der Waals surface area contributed by atoms with Gasteiger partial charge in [0, 0.05) is 11.4 Å². The van der Waals surface area contributed by atoms with Gasteiger partial charge in [0.15, 0.2) is 0 Å². The highest BCUT2D eigenvalue weighted by Crippen LogP contribution is 2.22. The lowest BCUT2D eigenvalue weighted by atomic mass is 9.77. The minimum absolute atomic E-state index is 0.196. The Kier molecular flexibility index (Phi) is 4.80. The van der Waals surface area contributed by atoms with E-state index >= 15 is 0 Å². The largest absolute Gasteiger partial charge is 0.488 e. The lowest BCUT2D eigenvalue weighted by Crippen LogP contribution is -2.33. The lowest BCUT2D eigenvalue weighted by Gasteiger charge is -2.09. The number of aromatic nitrogens is 1. The SMILES string of the molecule is Cc1cc(C)nc(SCc2ccc(F)cc2B(O)O)c1. The molecule has 0 spiro atoms. The van der Waals surface area contributed by atoms with E-state index in [9.17, 15) is 14.4 Å². The van der Waals surface area contributed by atoms with Gasteiger partial charge in [-0.1, -0.05) is 6.07 Å². The van der Waals surface area contributed by atoms with Gasteiger partial charge >= 0.3 is 7.12 Å². The van der Waals surface area contributed by atoms with Crippen molar-refractivity contribution in [2.24, 2.45) is 0 Å². The summed E-state index contributed by atoms with van der Waals surface area (Å²) < 4.78 is 13.1. The molecule has 2 aromatic rings. The van der Waals surface area contributed by atoms with Crippen LogP contribution < -0.4 is 5.46 Å². The van der Waals surface area contributed by atoms with E-state index in [1.165, 1.54) is 17.8 Å². The average Bonchev–Trinajstić information content (AvgIpc) is 2.36. The van der Waals surface area contributed by atoms with Crippen LogP contribution in [0.1, 0.15) is 16.8 Å². The predicted octanol–water partition coefficient (Wildman–Crippen LogP) is 1.81. The van der Waals surface area contributed by atoms with E-state index in [4.69, 9.17) is 0 Å². The van der Waals surface area contributed by atoms with Crippen molar-refractivity contribution in [3.63, 3.8) is 0 Å². The van der Waals surface area contributed by atoms with Crippen molar-refractivity contribution >= 4 is 24.3 Å². The number of aryl methyl sites for hydroxylation is 2. The van der Waals surface area contributed by atoms with Crippen molar-refractivity contribution in [1.29, 1.82) is 0 Å². The van der Waals surface area contributed by atoms with Crippen LogP contribution in [0.25, 0.3) is 0 Å². The van der Waals surface area contributed by atoms with E-state index in [0.717, 1.165) is 22.3 Å². The summed E-state index contributed by atoms with van der Waals surface area (Å²) in [6.45, 7) is 3.93. The fourth-order valence-corrected chi connectivity index (χ4v) is 3.01. The van der Waals surface area contributed by atoms with Crippen molar-refractivity contribution in [2.45, 2.75) is 24.6 Å². The summed E-state index contributed by atoms with van der Waals surface area (Å²) in [6, 6.07) is 7.99. The van der Waals surface area contributed by atoms with E-state index in [2.05, 4.69) is 4.98 Å². The van der Waals surface area contributed by atoms with Gasteiger partial charge in [-0.15, -0.1) is 11.8 Å². The first-order valence-electron chi connectivity index (χ1n) is 6.18. The first-order valence-corrected chi connectivity index (χ1v) is 7.17. The van der Waals surface area contributed by atoms with Gasteiger partial charge in [-0.2, -0.15) is 0 Å². The maximum absolute atomic E-state index is 13.1. The van der Waals surface area contributed by atoms with Crippen molar-refractivity contribution in [3.8, 4) is 0 Å². The van der Waals surface area contributed by atoms with Crippen LogP contribution in [0.3, 0.4) is 0 Å². The molecule has 20 heavy (non-hydrogen) atoms. The minimum Gasteiger partial charge on any atom is -0.423 e. The molecule has 0 bridgehead atoms. The van der Waals surface area contributed by atoms with Gasteiger partial charge in [-0.05, 0) is 54.7 Å². The molecule has 6 heteroatoms. The summed E-state index contributed by atoms with van der Waals surface area (Å²) in [7, 11) is -1.67. The second kappa shape index (κ2) is 6.39. The zero-order valence-corrected chi connectivity index (χ0v) is 12.1. The molecule has 3 nitrogen and oxygen atoms in total. The summed E-state index contributed by atoms with van der Waals surface area (Å²) in [5.41, 5.74) is 2.95. The summed E-state index contributed by atoms with van der Waals surface area (Å²) in [5.74, 6) is 0.0229. The maximum Gasteiger partial charge on any atom is 0.488 e. The summed E-state index contributed by atoms with van der Waals surface area (Å²) in [4.78, 5) is 4.41. The molecule has 2 N–H and O–H groups in total. The fraction of sp³-hybridized carbons (Fsp3) is 0.214. The van der Waals surface area contributed by atoms with Crippen molar-refractivity contribution in [1.82, 2.24) is 4.98 Å². The predicted molar refractivity (Wildman–Crippen MR) is 79.5 cm³/mol. The fourth-order valence-electron chi connectivity index (χ4n) is 1.97. The molecule has 0 aliphatic carbocycles. The second-order valence-electron chi connectivity index (χ2n) is 4.63. The number of hydrogen-bond acceptors (Lipinski definition) is 4. The molecule has 0 aliphatic rings. The monoisotopic (exact) mass is 291 g/mol. The van der Waals surface area contributed by atoms with Crippen LogP contribution in [0.15, 0.2) is 35.4 Å². The molecule has 0 saturated carbocycles. The van der Waals surface area contributed by atoms with Crippen LogP contribution in [0.4, 0.5) is 4.39 Å². The van der Waals surface area contributed by atoms with Gasteiger partial charge in [-0.25, -0.2) is 9.37 Å². The number of halogens is 1. The van der Waals surface area contributed by atoms with Crippen LogP contribution in [-0.4, -0.2) is 22.2 Å². The van der Waals surface area contributed by atoms with Gasteiger partial charge in [0.05, 0.1) is 5.03 Å². The topological polar surface area (TPSA) is 53.4 Å². The molecular formula is C14H15BFNO2S. The molecule has 0 unspecified atom stereocenters. The third-order valence-electron chi connectivity index (χ3n) is 2.84. The number of benzene rings is 1. The van der Waals surface area contributed by atoms with E-state index in [0.29, 0.717) is 11.3 Å². The normalized spacial score (nSPS) is 10.7. The lowest BCUT2D eigenvalue weighted by molar-refractivity contribution is 0.425. The van der Waals surface area contributed by atoms with E-state index in [1.807, 2.05) is 26.0 Å². The average molecular weight is 291 g/mol. The highest BCUT2D eigenvalue weighted by atomic mass is 32.2. The van der Waals surface area contributed by atoms with E-state index in [-0.39, 0.29) is 5.46 Å². The molecule has 104 valence electrons. The Morgan fingerprint density at radius 3 is 2.60 bits per heavy atom. The van der Waals surface area contributed by atoms with Gasteiger partial charge < -0.3 is 10.0 Å². The molecule has 1 aromatic heterocycles. The molecule has 1 heterocycles. The Balaban J connectivity index is 2.18. The number of thioether (sulfide) groups is 1. The first-order chi connectivity index (χ1) is 9.45. The summed E-state index contributed by atoms with van der Waals surface area (Å²) >= 11 is 1.48. The summed E-state index contributed by atoms with van der Waals surface area (Å²) in [6.07, 6.45) is 0. The molecule has 1 aromatic carbocycles. The van der Waals surface area contributed by atoms with Gasteiger partial charge in [0.2, 0.25) is 0 Å². The van der Waals surface area contributed by atoms with Crippen LogP contribution in [0, 0.1) is 19.7 Å². The van der Waals surface area contributed by atoms with Crippen LogP contribution in [0.5, 0.6) is 0 Å². The Morgan fingerprint density at radius 1 is 1.20 bits per heavy atom. The molecule has 0 fully saturated rings. The number of hydrogen-bond donors (Lipinski definition) is 2. The molecule has 0 radical (unpaired) electrons. The highest BCUT2D eigenvalue weighted by Gasteiger charge is 2.17. The molecule has 0 saturated heterocycles. The summed E-state index contributed by atoms with van der Waals surface area (Å²) in [5, 5.41) is 19.4. The molecular weight excluding hydrogens is 276 g/mol. The smallest absolute Gasteiger partial charge is 0.423 e. The quantitative estimate of drug-likeness (QED) is 0.666. The zero-order chi connectivity index (χ0) is 14.7. The molecule has 0 atom stereocenters. The van der Waals surface area contributed by atoms with Gasteiger partial charge in [0.1, 0.15) is 5.82 Å². The Morgan fingerprint density at radius 2 is 1.95 bits per heavy atom. The molecule has 2 rings (SSSR count). The highest BCUT2D eigenvalue weighted by molar-refractivity contribution is 7.98. The van der Waals surface area contributed by atoms with Crippen molar-refractivity contribution < 1.29 is 14.4 Å². The first kappa shape index (κ1) is 15.0.